The van der Waals surface area contributed by atoms with E-state index in [4.69, 9.17) is 0 Å². The van der Waals surface area contributed by atoms with Gasteiger partial charge in [-0.25, -0.2) is 0 Å². The van der Waals surface area contributed by atoms with Gasteiger partial charge in [-0.2, -0.15) is 0 Å². The van der Waals surface area contributed by atoms with Gasteiger partial charge in [0.2, 0.25) is 11.8 Å². The SMILES string of the molecule is CC(C)c1ccc(N(C(=O)Cc2cccs2)[C@@H](C(=O)NC2CCCC2)c2ccncc2)cc1. The first-order valence-corrected chi connectivity index (χ1v) is 12.6. The summed E-state index contributed by atoms with van der Waals surface area (Å²) in [5.41, 5.74) is 2.68. The van der Waals surface area contributed by atoms with Crippen LogP contribution in [0.1, 0.15) is 67.5 Å². The van der Waals surface area contributed by atoms with Crippen molar-refractivity contribution in [2.75, 3.05) is 4.90 Å². The lowest BCUT2D eigenvalue weighted by Crippen LogP contribution is -2.46. The fourth-order valence-corrected chi connectivity index (χ4v) is 5.11. The lowest BCUT2D eigenvalue weighted by Gasteiger charge is -2.32. The third-order valence-electron chi connectivity index (χ3n) is 6.24. The largest absolute Gasteiger partial charge is 0.351 e. The monoisotopic (exact) mass is 461 g/mol. The van der Waals surface area contributed by atoms with Gasteiger partial charge in [0.05, 0.1) is 6.42 Å². The van der Waals surface area contributed by atoms with E-state index in [0.29, 0.717) is 5.92 Å². The number of carbonyl (C=O) groups is 2. The van der Waals surface area contributed by atoms with Gasteiger partial charge in [-0.15, -0.1) is 11.3 Å². The molecule has 2 amide bonds. The van der Waals surface area contributed by atoms with Crippen molar-refractivity contribution in [3.8, 4) is 0 Å². The van der Waals surface area contributed by atoms with Gasteiger partial charge in [0.15, 0.2) is 0 Å². The van der Waals surface area contributed by atoms with Gasteiger partial charge in [0, 0.05) is 29.0 Å². The quantitative estimate of drug-likeness (QED) is 0.472. The van der Waals surface area contributed by atoms with Crippen LogP contribution in [0.5, 0.6) is 0 Å². The highest BCUT2D eigenvalue weighted by Crippen LogP contribution is 2.31. The molecule has 172 valence electrons. The topological polar surface area (TPSA) is 62.3 Å². The van der Waals surface area contributed by atoms with Gasteiger partial charge in [0.1, 0.15) is 6.04 Å². The Morgan fingerprint density at radius 2 is 1.73 bits per heavy atom. The summed E-state index contributed by atoms with van der Waals surface area (Å²) in [6.07, 6.45) is 7.83. The summed E-state index contributed by atoms with van der Waals surface area (Å²) in [6, 6.07) is 15.0. The first kappa shape index (κ1) is 23.2. The zero-order chi connectivity index (χ0) is 23.2. The molecule has 5 nitrogen and oxygen atoms in total. The normalized spacial score (nSPS) is 14.9. The number of benzene rings is 1. The van der Waals surface area contributed by atoms with Crippen molar-refractivity contribution in [3.63, 3.8) is 0 Å². The minimum Gasteiger partial charge on any atom is -0.351 e. The van der Waals surface area contributed by atoms with E-state index in [9.17, 15) is 9.59 Å². The Hall–Kier alpha value is -2.99. The molecule has 1 aromatic carbocycles. The van der Waals surface area contributed by atoms with Crippen LogP contribution in [-0.4, -0.2) is 22.8 Å². The summed E-state index contributed by atoms with van der Waals surface area (Å²) in [5.74, 6) is 0.148. The van der Waals surface area contributed by atoms with Crippen molar-refractivity contribution in [1.29, 1.82) is 0 Å². The number of anilines is 1. The van der Waals surface area contributed by atoms with Crippen LogP contribution in [-0.2, 0) is 16.0 Å². The van der Waals surface area contributed by atoms with Crippen LogP contribution in [0.2, 0.25) is 0 Å². The first-order chi connectivity index (χ1) is 16.0. The summed E-state index contributed by atoms with van der Waals surface area (Å²) in [6.45, 7) is 4.28. The molecule has 2 aromatic heterocycles. The van der Waals surface area contributed by atoms with Crippen LogP contribution in [0, 0.1) is 0 Å². The summed E-state index contributed by atoms with van der Waals surface area (Å²) < 4.78 is 0. The van der Waals surface area contributed by atoms with Gasteiger partial charge < -0.3 is 5.32 Å². The first-order valence-electron chi connectivity index (χ1n) is 11.7. The molecule has 2 heterocycles. The van der Waals surface area contributed by atoms with Crippen LogP contribution < -0.4 is 10.2 Å². The molecule has 1 saturated carbocycles. The molecule has 33 heavy (non-hydrogen) atoms. The molecule has 1 N–H and O–H groups in total. The molecule has 4 rings (SSSR count). The van der Waals surface area contributed by atoms with Crippen molar-refractivity contribution in [1.82, 2.24) is 10.3 Å². The lowest BCUT2D eigenvalue weighted by atomic mass is 10.0. The second-order valence-corrected chi connectivity index (χ2v) is 9.97. The predicted molar refractivity (Wildman–Crippen MR) is 133 cm³/mol. The maximum Gasteiger partial charge on any atom is 0.248 e. The Balaban J connectivity index is 1.74. The molecular formula is C27H31N3O2S. The number of nitrogens with one attached hydrogen (secondary N) is 1. The van der Waals surface area contributed by atoms with Crippen molar-refractivity contribution in [3.05, 3.63) is 82.3 Å². The lowest BCUT2D eigenvalue weighted by molar-refractivity contribution is -0.127. The Bertz CT molecular complexity index is 1040. The molecule has 0 spiro atoms. The molecule has 1 fully saturated rings. The molecular weight excluding hydrogens is 430 g/mol. The van der Waals surface area contributed by atoms with E-state index in [2.05, 4.69) is 24.1 Å². The van der Waals surface area contributed by atoms with E-state index < -0.39 is 6.04 Å². The predicted octanol–water partition coefficient (Wildman–Crippen LogP) is 5.64. The van der Waals surface area contributed by atoms with Gasteiger partial charge in [-0.3, -0.25) is 19.5 Å². The number of aromatic nitrogens is 1. The van der Waals surface area contributed by atoms with Crippen molar-refractivity contribution < 1.29 is 9.59 Å². The molecule has 3 aromatic rings. The average molecular weight is 462 g/mol. The zero-order valence-electron chi connectivity index (χ0n) is 19.2. The van der Waals surface area contributed by atoms with Crippen LogP contribution in [0.15, 0.2) is 66.3 Å². The van der Waals surface area contributed by atoms with Crippen LogP contribution in [0.25, 0.3) is 0 Å². The molecule has 6 heteroatoms. The third-order valence-corrected chi connectivity index (χ3v) is 7.12. The Morgan fingerprint density at radius 3 is 2.33 bits per heavy atom. The number of carbonyl (C=O) groups excluding carboxylic acids is 2. The summed E-state index contributed by atoms with van der Waals surface area (Å²) in [5, 5.41) is 5.19. The Morgan fingerprint density at radius 1 is 1.03 bits per heavy atom. The second-order valence-electron chi connectivity index (χ2n) is 8.94. The highest BCUT2D eigenvalue weighted by atomic mass is 32.1. The van der Waals surface area contributed by atoms with Gasteiger partial charge in [0.25, 0.3) is 0 Å². The van der Waals surface area contributed by atoms with E-state index in [1.165, 1.54) is 5.56 Å². The number of amides is 2. The Kier molecular flexibility index (Phi) is 7.55. The smallest absolute Gasteiger partial charge is 0.248 e. The van der Waals surface area contributed by atoms with Crippen LogP contribution >= 0.6 is 11.3 Å². The van der Waals surface area contributed by atoms with E-state index >= 15 is 0 Å². The maximum atomic E-state index is 13.7. The van der Waals surface area contributed by atoms with E-state index in [1.807, 2.05) is 53.9 Å². The van der Waals surface area contributed by atoms with Crippen LogP contribution in [0.4, 0.5) is 5.69 Å². The third kappa shape index (κ3) is 5.69. The molecule has 1 atom stereocenters. The molecule has 0 radical (unpaired) electrons. The molecule has 0 unspecified atom stereocenters. The van der Waals surface area contributed by atoms with Crippen molar-refractivity contribution >= 4 is 28.8 Å². The molecule has 1 aliphatic carbocycles. The van der Waals surface area contributed by atoms with E-state index in [0.717, 1.165) is 41.8 Å². The van der Waals surface area contributed by atoms with E-state index in [1.54, 1.807) is 28.6 Å². The summed E-state index contributed by atoms with van der Waals surface area (Å²) in [4.78, 5) is 34.2. The summed E-state index contributed by atoms with van der Waals surface area (Å²) in [7, 11) is 0. The van der Waals surface area contributed by atoms with Gasteiger partial charge in [-0.1, -0.05) is 44.9 Å². The second kappa shape index (κ2) is 10.8. The number of nitrogens with zero attached hydrogens (tertiary/aromatic N) is 2. The van der Waals surface area contributed by atoms with E-state index in [-0.39, 0.29) is 24.3 Å². The maximum absolute atomic E-state index is 13.7. The standard InChI is InChI=1S/C27H31N3O2S/c1-19(2)20-9-11-23(12-10-20)30(25(31)18-24-8-5-17-33-24)26(21-13-15-28-16-14-21)27(32)29-22-6-3-4-7-22/h5,8-17,19,22,26H,3-4,6-7,18H2,1-2H3,(H,29,32)/t26-/m1/s1. The molecule has 1 aliphatic rings. The summed E-state index contributed by atoms with van der Waals surface area (Å²) >= 11 is 1.55. The average Bonchev–Trinajstić information content (AvgIpc) is 3.52. The van der Waals surface area contributed by atoms with Gasteiger partial charge >= 0.3 is 0 Å². The number of rotatable bonds is 8. The number of hydrogen-bond donors (Lipinski definition) is 1. The fourth-order valence-electron chi connectivity index (χ4n) is 4.42. The van der Waals surface area contributed by atoms with Crippen molar-refractivity contribution in [2.24, 2.45) is 0 Å². The minimum absolute atomic E-state index is 0.0990. The number of pyridine rings is 1. The molecule has 0 aliphatic heterocycles. The Labute approximate surface area is 199 Å². The number of hydrogen-bond acceptors (Lipinski definition) is 4. The zero-order valence-corrected chi connectivity index (χ0v) is 20.1. The highest BCUT2D eigenvalue weighted by Gasteiger charge is 2.34. The minimum atomic E-state index is -0.758. The van der Waals surface area contributed by atoms with Gasteiger partial charge in [-0.05, 0) is 65.6 Å². The molecule has 0 saturated heterocycles. The molecule has 0 bridgehead atoms. The van der Waals surface area contributed by atoms with Crippen molar-refractivity contribution in [2.45, 2.75) is 64.0 Å². The van der Waals surface area contributed by atoms with Crippen LogP contribution in [0.3, 0.4) is 0 Å². The fraction of sp³-hybridized carbons (Fsp3) is 0.370. The number of thiophene rings is 1. The highest BCUT2D eigenvalue weighted by molar-refractivity contribution is 7.10.